The number of amides is 2. The van der Waals surface area contributed by atoms with Crippen LogP contribution in [0.3, 0.4) is 0 Å². The number of para-hydroxylation sites is 1. The summed E-state index contributed by atoms with van der Waals surface area (Å²) in [5.41, 5.74) is 3.12. The number of carbonyl (C=O) groups is 2. The average Bonchev–Trinajstić information content (AvgIpc) is 3.03. The van der Waals surface area contributed by atoms with Gasteiger partial charge in [-0.05, 0) is 50.1 Å². The zero-order valence-electron chi connectivity index (χ0n) is 16.3. The van der Waals surface area contributed by atoms with Gasteiger partial charge >= 0.3 is 0 Å². The number of benzene rings is 2. The Morgan fingerprint density at radius 1 is 1.11 bits per heavy atom. The first kappa shape index (κ1) is 19.5. The van der Waals surface area contributed by atoms with Gasteiger partial charge in [0.25, 0.3) is 5.91 Å². The molecule has 28 heavy (non-hydrogen) atoms. The van der Waals surface area contributed by atoms with Crippen molar-refractivity contribution in [3.05, 3.63) is 59.4 Å². The summed E-state index contributed by atoms with van der Waals surface area (Å²) in [6.07, 6.45) is 0.810. The Labute approximate surface area is 163 Å². The number of rotatable bonds is 7. The highest BCUT2D eigenvalue weighted by atomic mass is 16.5. The van der Waals surface area contributed by atoms with Gasteiger partial charge in [0.2, 0.25) is 5.91 Å². The Hall–Kier alpha value is -3.28. The smallest absolute Gasteiger partial charge is 0.287 e. The molecule has 1 heterocycles. The molecule has 0 atom stereocenters. The van der Waals surface area contributed by atoms with Crippen LogP contribution in [0.5, 0.6) is 5.75 Å². The maximum atomic E-state index is 12.5. The molecular formula is C22H24N2O4. The number of hydrogen-bond acceptors (Lipinski definition) is 4. The second-order valence-electron chi connectivity index (χ2n) is 6.39. The topological polar surface area (TPSA) is 80.6 Å². The quantitative estimate of drug-likeness (QED) is 0.647. The fraction of sp³-hybridized carbons (Fsp3) is 0.273. The maximum Gasteiger partial charge on any atom is 0.287 e. The van der Waals surface area contributed by atoms with E-state index in [9.17, 15) is 9.59 Å². The Morgan fingerprint density at radius 3 is 2.64 bits per heavy atom. The van der Waals surface area contributed by atoms with E-state index >= 15 is 0 Å². The lowest BCUT2D eigenvalue weighted by Gasteiger charge is -2.10. The molecule has 0 spiro atoms. The second kappa shape index (κ2) is 8.61. The monoisotopic (exact) mass is 380 g/mol. The van der Waals surface area contributed by atoms with Crippen LogP contribution in [0, 0.1) is 6.92 Å². The summed E-state index contributed by atoms with van der Waals surface area (Å²) in [5, 5.41) is 6.27. The van der Waals surface area contributed by atoms with Crippen LogP contribution in [0.25, 0.3) is 11.0 Å². The summed E-state index contributed by atoms with van der Waals surface area (Å²) in [6, 6.07) is 13.0. The molecule has 6 heteroatoms. The second-order valence-corrected chi connectivity index (χ2v) is 6.39. The van der Waals surface area contributed by atoms with Crippen molar-refractivity contribution in [1.29, 1.82) is 0 Å². The molecule has 2 amide bonds. The Morgan fingerprint density at radius 2 is 1.89 bits per heavy atom. The molecule has 0 bridgehead atoms. The highest BCUT2D eigenvalue weighted by molar-refractivity contribution is 6.02. The Kier molecular flexibility index (Phi) is 5.99. The van der Waals surface area contributed by atoms with Gasteiger partial charge in [-0.2, -0.15) is 0 Å². The number of furan rings is 1. The summed E-state index contributed by atoms with van der Waals surface area (Å²) in [6.45, 7) is 6.17. The van der Waals surface area contributed by atoms with Gasteiger partial charge < -0.3 is 19.8 Å². The van der Waals surface area contributed by atoms with Crippen LogP contribution in [0.4, 0.5) is 5.69 Å². The fourth-order valence-corrected chi connectivity index (χ4v) is 3.06. The Balaban J connectivity index is 1.67. The lowest BCUT2D eigenvalue weighted by Crippen LogP contribution is -2.33. The predicted molar refractivity (Wildman–Crippen MR) is 109 cm³/mol. The minimum atomic E-state index is -0.425. The molecule has 2 aromatic carbocycles. The van der Waals surface area contributed by atoms with Crippen LogP contribution in [0.2, 0.25) is 0 Å². The van der Waals surface area contributed by atoms with Crippen LogP contribution in [-0.4, -0.2) is 25.0 Å². The van der Waals surface area contributed by atoms with E-state index in [1.807, 2.05) is 51.1 Å². The SMILES string of the molecule is CCOc1ccc2oc(C(=O)NCC(=O)Nc3ccccc3CC)c(C)c2c1. The predicted octanol–water partition coefficient (Wildman–Crippen LogP) is 4.07. The minimum Gasteiger partial charge on any atom is -0.494 e. The van der Waals surface area contributed by atoms with Crippen LogP contribution < -0.4 is 15.4 Å². The van der Waals surface area contributed by atoms with Crippen LogP contribution in [-0.2, 0) is 11.2 Å². The summed E-state index contributed by atoms with van der Waals surface area (Å²) in [4.78, 5) is 24.7. The van der Waals surface area contributed by atoms with Gasteiger partial charge in [0.15, 0.2) is 5.76 Å². The van der Waals surface area contributed by atoms with Gasteiger partial charge in [-0.15, -0.1) is 0 Å². The number of anilines is 1. The molecule has 146 valence electrons. The van der Waals surface area contributed by atoms with Gasteiger partial charge in [0.1, 0.15) is 11.3 Å². The molecule has 0 aliphatic heterocycles. The summed E-state index contributed by atoms with van der Waals surface area (Å²) >= 11 is 0. The van der Waals surface area contributed by atoms with Crippen molar-refractivity contribution in [2.75, 3.05) is 18.5 Å². The first-order valence-corrected chi connectivity index (χ1v) is 9.35. The van der Waals surface area contributed by atoms with Gasteiger partial charge in [0, 0.05) is 16.6 Å². The number of ether oxygens (including phenoxy) is 1. The summed E-state index contributed by atoms with van der Waals surface area (Å²) in [7, 11) is 0. The van der Waals surface area contributed by atoms with E-state index in [1.54, 1.807) is 12.1 Å². The molecule has 0 unspecified atom stereocenters. The number of aryl methyl sites for hydroxylation is 2. The molecule has 0 fully saturated rings. The molecule has 0 saturated carbocycles. The van der Waals surface area contributed by atoms with Crippen LogP contribution in [0.1, 0.15) is 35.5 Å². The van der Waals surface area contributed by atoms with E-state index < -0.39 is 5.91 Å². The number of nitrogens with one attached hydrogen (secondary N) is 2. The van der Waals surface area contributed by atoms with Gasteiger partial charge in [-0.1, -0.05) is 25.1 Å². The van der Waals surface area contributed by atoms with E-state index in [4.69, 9.17) is 9.15 Å². The highest BCUT2D eigenvalue weighted by Gasteiger charge is 2.19. The first-order chi connectivity index (χ1) is 13.5. The van der Waals surface area contributed by atoms with Crippen LogP contribution >= 0.6 is 0 Å². The summed E-state index contributed by atoms with van der Waals surface area (Å²) in [5.74, 6) is 0.206. The fourth-order valence-electron chi connectivity index (χ4n) is 3.06. The molecule has 2 N–H and O–H groups in total. The molecule has 0 saturated heterocycles. The molecule has 0 aliphatic carbocycles. The van der Waals surface area contributed by atoms with E-state index in [1.165, 1.54) is 0 Å². The third-order valence-corrected chi connectivity index (χ3v) is 4.51. The molecule has 3 rings (SSSR count). The zero-order chi connectivity index (χ0) is 20.1. The highest BCUT2D eigenvalue weighted by Crippen LogP contribution is 2.28. The third-order valence-electron chi connectivity index (χ3n) is 4.51. The van der Waals surface area contributed by atoms with Crippen molar-refractivity contribution in [1.82, 2.24) is 5.32 Å². The average molecular weight is 380 g/mol. The normalized spacial score (nSPS) is 10.7. The van der Waals surface area contributed by atoms with Gasteiger partial charge in [0.05, 0.1) is 13.2 Å². The third kappa shape index (κ3) is 4.17. The number of hydrogen-bond donors (Lipinski definition) is 2. The van der Waals surface area contributed by atoms with Crippen molar-refractivity contribution in [3.63, 3.8) is 0 Å². The Bertz CT molecular complexity index is 1010. The molecular weight excluding hydrogens is 356 g/mol. The van der Waals surface area contributed by atoms with Crippen LogP contribution in [0.15, 0.2) is 46.9 Å². The van der Waals surface area contributed by atoms with E-state index in [0.717, 1.165) is 28.8 Å². The molecule has 0 aliphatic rings. The number of fused-ring (bicyclic) bond motifs is 1. The molecule has 0 radical (unpaired) electrons. The minimum absolute atomic E-state index is 0.141. The largest absolute Gasteiger partial charge is 0.494 e. The lowest BCUT2D eigenvalue weighted by atomic mass is 10.1. The summed E-state index contributed by atoms with van der Waals surface area (Å²) < 4.78 is 11.2. The van der Waals surface area contributed by atoms with Crippen molar-refractivity contribution >= 4 is 28.5 Å². The van der Waals surface area contributed by atoms with Gasteiger partial charge in [-0.25, -0.2) is 0 Å². The number of carbonyl (C=O) groups excluding carboxylic acids is 2. The van der Waals surface area contributed by atoms with Gasteiger partial charge in [-0.3, -0.25) is 9.59 Å². The molecule has 1 aromatic heterocycles. The maximum absolute atomic E-state index is 12.5. The molecule has 3 aromatic rings. The van der Waals surface area contributed by atoms with E-state index in [-0.39, 0.29) is 18.2 Å². The van der Waals surface area contributed by atoms with Crippen molar-refractivity contribution in [3.8, 4) is 5.75 Å². The van der Waals surface area contributed by atoms with E-state index in [0.29, 0.717) is 17.8 Å². The first-order valence-electron chi connectivity index (χ1n) is 9.35. The van der Waals surface area contributed by atoms with E-state index in [2.05, 4.69) is 10.6 Å². The standard InChI is InChI=1S/C22H24N2O4/c1-4-15-8-6-7-9-18(15)24-20(25)13-23-22(26)21-14(3)17-12-16(27-5-2)10-11-19(17)28-21/h6-12H,4-5,13H2,1-3H3,(H,23,26)(H,24,25). The van der Waals surface area contributed by atoms with Crippen molar-refractivity contribution < 1.29 is 18.7 Å². The zero-order valence-corrected chi connectivity index (χ0v) is 16.3. The lowest BCUT2D eigenvalue weighted by molar-refractivity contribution is -0.115. The van der Waals surface area contributed by atoms with Crippen molar-refractivity contribution in [2.45, 2.75) is 27.2 Å². The molecule has 6 nitrogen and oxygen atoms in total. The van der Waals surface area contributed by atoms with Crippen molar-refractivity contribution in [2.24, 2.45) is 0 Å².